The minimum atomic E-state index is -0.583. The third-order valence-electron chi connectivity index (χ3n) is 6.26. The first-order valence-electron chi connectivity index (χ1n) is 9.95. The van der Waals surface area contributed by atoms with Crippen LogP contribution in [0.5, 0.6) is 28.7 Å². The van der Waals surface area contributed by atoms with Crippen molar-refractivity contribution < 1.29 is 33.2 Å². The molecular weight excluding hydrogens is 440 g/mol. The number of halogens is 1. The first kappa shape index (κ1) is 22.2. The van der Waals surface area contributed by atoms with E-state index < -0.39 is 12.1 Å². The van der Waals surface area contributed by atoms with Gasteiger partial charge >= 0.3 is 5.97 Å². The molecule has 0 amide bonds. The highest BCUT2D eigenvalue weighted by Gasteiger charge is 2.47. The summed E-state index contributed by atoms with van der Waals surface area (Å²) in [6, 6.07) is 3.29. The number of hydrogen-bond acceptors (Lipinski definition) is 9. The second-order valence-corrected chi connectivity index (χ2v) is 7.67. The number of nitrogens with zero attached hydrogens (tertiary/aromatic N) is 1. The van der Waals surface area contributed by atoms with Crippen LogP contribution in [0.4, 0.5) is 5.69 Å². The quantitative estimate of drug-likeness (QED) is 0.540. The monoisotopic (exact) mass is 464 g/mol. The lowest BCUT2D eigenvalue weighted by Gasteiger charge is -2.39. The molecule has 0 saturated carbocycles. The van der Waals surface area contributed by atoms with Gasteiger partial charge in [0.25, 0.3) is 0 Å². The summed E-state index contributed by atoms with van der Waals surface area (Å²) in [6.07, 6.45) is 0.126. The molecule has 0 aromatic heterocycles. The van der Waals surface area contributed by atoms with Gasteiger partial charge in [0.15, 0.2) is 23.0 Å². The molecule has 2 N–H and O–H groups in total. The van der Waals surface area contributed by atoms with Crippen molar-refractivity contribution in [2.75, 3.05) is 47.4 Å². The zero-order valence-corrected chi connectivity index (χ0v) is 19.0. The van der Waals surface area contributed by atoms with Gasteiger partial charge in [0, 0.05) is 17.7 Å². The Hall–Kier alpha value is -3.04. The number of nitrogens with two attached hydrogens (primary N) is 1. The van der Waals surface area contributed by atoms with Crippen LogP contribution in [0.1, 0.15) is 39.2 Å². The summed E-state index contributed by atoms with van der Waals surface area (Å²) in [7, 11) is 6.61. The van der Waals surface area contributed by atoms with Crippen molar-refractivity contribution in [3.63, 3.8) is 0 Å². The molecule has 32 heavy (non-hydrogen) atoms. The molecule has 0 saturated heterocycles. The average Bonchev–Trinajstić information content (AvgIpc) is 3.39. The number of esters is 1. The van der Waals surface area contributed by atoms with E-state index >= 15 is 0 Å². The summed E-state index contributed by atoms with van der Waals surface area (Å²) in [5.74, 6) is 1.93. The highest BCUT2D eigenvalue weighted by atomic mass is 35.5. The van der Waals surface area contributed by atoms with Crippen molar-refractivity contribution in [3.8, 4) is 28.7 Å². The number of fused-ring (bicyclic) bond motifs is 3. The summed E-state index contributed by atoms with van der Waals surface area (Å²) >= 11 is 0. The molecule has 0 radical (unpaired) electrons. The predicted molar refractivity (Wildman–Crippen MR) is 118 cm³/mol. The summed E-state index contributed by atoms with van der Waals surface area (Å²) in [6.45, 7) is 0.804. The first-order valence-corrected chi connectivity index (χ1v) is 9.95. The van der Waals surface area contributed by atoms with Crippen molar-refractivity contribution in [2.24, 2.45) is 0 Å². The van der Waals surface area contributed by atoms with E-state index in [-0.39, 0.29) is 25.2 Å². The second kappa shape index (κ2) is 8.14. The van der Waals surface area contributed by atoms with Crippen LogP contribution in [0.15, 0.2) is 12.1 Å². The number of cyclic esters (lactones) is 1. The highest BCUT2D eigenvalue weighted by molar-refractivity contribution is 5.98. The van der Waals surface area contributed by atoms with Gasteiger partial charge in [-0.2, -0.15) is 0 Å². The lowest BCUT2D eigenvalue weighted by molar-refractivity contribution is 0.00879. The third-order valence-corrected chi connectivity index (χ3v) is 6.26. The SMILES string of the molecule is COc1ccc2c(c1OC)C(=O)O[C@@H]2C1c2c(c(N)c3c(c2OC)OCO3)CCN1C.Cl. The fraction of sp³-hybridized carbons (Fsp3) is 0.409. The number of hydrogen-bond donors (Lipinski definition) is 1. The maximum absolute atomic E-state index is 12.9. The molecule has 2 aromatic carbocycles. The number of likely N-dealkylation sites (N-methyl/N-ethyl adjacent to an activating group) is 1. The number of ether oxygens (including phenoxy) is 6. The van der Waals surface area contributed by atoms with Crippen LogP contribution in [0.3, 0.4) is 0 Å². The van der Waals surface area contributed by atoms with Gasteiger partial charge in [-0.3, -0.25) is 4.90 Å². The van der Waals surface area contributed by atoms with E-state index in [9.17, 15) is 4.79 Å². The largest absolute Gasteiger partial charge is 0.493 e. The number of anilines is 1. The minimum Gasteiger partial charge on any atom is -0.493 e. The molecular formula is C22H25ClN2O7. The van der Waals surface area contributed by atoms with Crippen LogP contribution in [0.2, 0.25) is 0 Å². The van der Waals surface area contributed by atoms with Crippen molar-refractivity contribution in [3.05, 3.63) is 34.4 Å². The normalized spacial score (nSPS) is 20.7. The van der Waals surface area contributed by atoms with Crippen LogP contribution < -0.4 is 29.4 Å². The molecule has 2 atom stereocenters. The highest BCUT2D eigenvalue weighted by Crippen LogP contribution is 2.57. The van der Waals surface area contributed by atoms with E-state index in [1.54, 1.807) is 13.2 Å². The van der Waals surface area contributed by atoms with E-state index in [2.05, 4.69) is 4.90 Å². The van der Waals surface area contributed by atoms with Crippen molar-refractivity contribution >= 4 is 24.1 Å². The molecule has 5 rings (SSSR count). The van der Waals surface area contributed by atoms with Gasteiger partial charge in [-0.05, 0) is 25.1 Å². The Morgan fingerprint density at radius 1 is 1.06 bits per heavy atom. The van der Waals surface area contributed by atoms with Gasteiger partial charge < -0.3 is 34.2 Å². The molecule has 9 nitrogen and oxygen atoms in total. The molecule has 1 unspecified atom stereocenters. The molecule has 0 aliphatic carbocycles. The smallest absolute Gasteiger partial charge is 0.343 e. The van der Waals surface area contributed by atoms with E-state index in [0.29, 0.717) is 46.4 Å². The van der Waals surface area contributed by atoms with Crippen LogP contribution in [-0.2, 0) is 11.2 Å². The zero-order valence-electron chi connectivity index (χ0n) is 18.2. The fourth-order valence-electron chi connectivity index (χ4n) is 4.87. The topological polar surface area (TPSA) is 102 Å². The molecule has 0 fully saturated rings. The number of methoxy groups -OCH3 is 3. The van der Waals surface area contributed by atoms with Crippen molar-refractivity contribution in [1.29, 1.82) is 0 Å². The molecule has 0 bridgehead atoms. The summed E-state index contributed by atoms with van der Waals surface area (Å²) in [5, 5.41) is 0. The van der Waals surface area contributed by atoms with Crippen LogP contribution >= 0.6 is 12.4 Å². The van der Waals surface area contributed by atoms with Gasteiger partial charge in [0.1, 0.15) is 11.7 Å². The van der Waals surface area contributed by atoms with E-state index in [4.69, 9.17) is 34.2 Å². The summed E-state index contributed by atoms with van der Waals surface area (Å²) in [4.78, 5) is 15.1. The molecule has 172 valence electrons. The van der Waals surface area contributed by atoms with Crippen LogP contribution in [0, 0.1) is 0 Å². The Morgan fingerprint density at radius 2 is 1.78 bits per heavy atom. The van der Waals surface area contributed by atoms with Crippen molar-refractivity contribution in [1.82, 2.24) is 4.90 Å². The van der Waals surface area contributed by atoms with Crippen LogP contribution in [-0.4, -0.2) is 52.6 Å². The standard InChI is InChI=1S/C22H24N2O7.ClH/c1-24-8-7-10-13(19(28-4)21-20(15(10)23)29-9-30-21)16(24)17-11-5-6-12(26-2)18(27-3)14(11)22(25)31-17;/h5-6,16-17H,7-9,23H2,1-4H3;1H/t16?,17-;/m0./s1. The molecule has 3 aliphatic heterocycles. The number of nitrogen functional groups attached to an aromatic ring is 1. The fourth-order valence-corrected chi connectivity index (χ4v) is 4.87. The summed E-state index contributed by atoms with van der Waals surface area (Å²) < 4.78 is 33.8. The van der Waals surface area contributed by atoms with Gasteiger partial charge in [-0.1, -0.05) is 6.07 Å². The zero-order chi connectivity index (χ0) is 21.9. The van der Waals surface area contributed by atoms with Gasteiger partial charge in [0.2, 0.25) is 12.5 Å². The van der Waals surface area contributed by atoms with Crippen LogP contribution in [0.25, 0.3) is 0 Å². The Balaban J connectivity index is 0.00000245. The van der Waals surface area contributed by atoms with Crippen molar-refractivity contribution in [2.45, 2.75) is 18.6 Å². The Kier molecular flexibility index (Phi) is 5.64. The molecule has 2 aromatic rings. The third kappa shape index (κ3) is 2.91. The number of carbonyl (C=O) groups excluding carboxylic acids is 1. The summed E-state index contributed by atoms with van der Waals surface area (Å²) in [5.41, 5.74) is 9.88. The van der Waals surface area contributed by atoms with E-state index in [1.165, 1.54) is 14.2 Å². The second-order valence-electron chi connectivity index (χ2n) is 7.67. The van der Waals surface area contributed by atoms with E-state index in [1.807, 2.05) is 13.1 Å². The molecule has 3 aliphatic rings. The Bertz CT molecular complexity index is 1090. The molecule has 3 heterocycles. The first-order chi connectivity index (χ1) is 15.0. The minimum absolute atomic E-state index is 0. The number of carbonyl (C=O) groups is 1. The van der Waals surface area contributed by atoms with Gasteiger partial charge in [0.05, 0.1) is 33.1 Å². The number of benzene rings is 2. The van der Waals surface area contributed by atoms with E-state index in [0.717, 1.165) is 23.2 Å². The maximum Gasteiger partial charge on any atom is 0.343 e. The average molecular weight is 465 g/mol. The maximum atomic E-state index is 12.9. The molecule has 10 heteroatoms. The number of rotatable bonds is 4. The lowest BCUT2D eigenvalue weighted by atomic mass is 9.84. The lowest BCUT2D eigenvalue weighted by Crippen LogP contribution is -2.36. The predicted octanol–water partition coefficient (Wildman–Crippen LogP) is 2.89. The van der Waals surface area contributed by atoms with Gasteiger partial charge in [-0.25, -0.2) is 4.79 Å². The Labute approximate surface area is 191 Å². The Morgan fingerprint density at radius 3 is 2.47 bits per heavy atom. The molecule has 0 spiro atoms. The van der Waals surface area contributed by atoms with Gasteiger partial charge in [-0.15, -0.1) is 12.4 Å².